The van der Waals surface area contributed by atoms with E-state index in [1.807, 2.05) is 0 Å². The summed E-state index contributed by atoms with van der Waals surface area (Å²) < 4.78 is 17.9. The maximum atomic E-state index is 12.7. The van der Waals surface area contributed by atoms with E-state index in [4.69, 9.17) is 10.5 Å². The Morgan fingerprint density at radius 3 is 2.37 bits per heavy atom. The van der Waals surface area contributed by atoms with Gasteiger partial charge in [-0.1, -0.05) is 0 Å². The zero-order valence-electron chi connectivity index (χ0n) is 10.1. The molecule has 3 N–H and O–H groups in total. The molecule has 0 bridgehead atoms. The van der Waals surface area contributed by atoms with Crippen molar-refractivity contribution in [2.75, 3.05) is 17.7 Å². The first-order valence-corrected chi connectivity index (χ1v) is 5.67. The Morgan fingerprint density at radius 2 is 1.74 bits per heavy atom. The van der Waals surface area contributed by atoms with Gasteiger partial charge in [0.25, 0.3) is 5.91 Å². The van der Waals surface area contributed by atoms with Crippen molar-refractivity contribution in [3.05, 3.63) is 54.3 Å². The molecule has 0 saturated carbocycles. The third kappa shape index (κ3) is 3.99. The molecule has 0 radical (unpaired) electrons. The summed E-state index contributed by atoms with van der Waals surface area (Å²) in [5, 5.41) is 2.66. The average molecular weight is 260 g/mol. The van der Waals surface area contributed by atoms with Crippen LogP contribution in [0.4, 0.5) is 15.8 Å². The number of rotatable bonds is 4. The van der Waals surface area contributed by atoms with Crippen molar-refractivity contribution in [1.29, 1.82) is 0 Å². The van der Waals surface area contributed by atoms with E-state index in [-0.39, 0.29) is 18.3 Å². The number of ether oxygens (including phenoxy) is 1. The van der Waals surface area contributed by atoms with Crippen LogP contribution < -0.4 is 15.8 Å². The molecule has 19 heavy (non-hydrogen) atoms. The van der Waals surface area contributed by atoms with E-state index in [0.29, 0.717) is 17.1 Å². The molecule has 2 rings (SSSR count). The second kappa shape index (κ2) is 5.86. The molecule has 0 spiro atoms. The van der Waals surface area contributed by atoms with Gasteiger partial charge >= 0.3 is 0 Å². The van der Waals surface area contributed by atoms with Crippen LogP contribution in [0.15, 0.2) is 48.5 Å². The van der Waals surface area contributed by atoms with Gasteiger partial charge in [0.2, 0.25) is 0 Å². The maximum Gasteiger partial charge on any atom is 0.262 e. The molecular weight excluding hydrogens is 247 g/mol. The first-order valence-electron chi connectivity index (χ1n) is 5.67. The molecule has 5 heteroatoms. The average Bonchev–Trinajstić information content (AvgIpc) is 2.41. The second-order valence-electron chi connectivity index (χ2n) is 3.91. The van der Waals surface area contributed by atoms with Crippen molar-refractivity contribution in [1.82, 2.24) is 0 Å². The van der Waals surface area contributed by atoms with Crippen LogP contribution in [0, 0.1) is 5.82 Å². The fraction of sp³-hybridized carbons (Fsp3) is 0.0714. The van der Waals surface area contributed by atoms with E-state index in [2.05, 4.69) is 5.32 Å². The number of benzene rings is 2. The van der Waals surface area contributed by atoms with Gasteiger partial charge in [-0.15, -0.1) is 0 Å². The molecule has 0 aliphatic carbocycles. The van der Waals surface area contributed by atoms with Crippen LogP contribution in [0.5, 0.6) is 5.75 Å². The van der Waals surface area contributed by atoms with E-state index < -0.39 is 0 Å². The van der Waals surface area contributed by atoms with Gasteiger partial charge in [-0.05, 0) is 48.5 Å². The first-order chi connectivity index (χ1) is 9.13. The number of hydrogen-bond acceptors (Lipinski definition) is 3. The van der Waals surface area contributed by atoms with E-state index in [9.17, 15) is 9.18 Å². The molecule has 0 unspecified atom stereocenters. The number of nitrogens with one attached hydrogen (secondary N) is 1. The molecule has 1 amide bonds. The molecule has 2 aromatic rings. The molecule has 0 aliphatic rings. The lowest BCUT2D eigenvalue weighted by molar-refractivity contribution is -0.118. The summed E-state index contributed by atoms with van der Waals surface area (Å²) >= 11 is 0. The molecule has 0 heterocycles. The van der Waals surface area contributed by atoms with E-state index in [1.165, 1.54) is 24.3 Å². The zero-order valence-corrected chi connectivity index (χ0v) is 10.1. The van der Waals surface area contributed by atoms with Crippen molar-refractivity contribution in [2.45, 2.75) is 0 Å². The monoisotopic (exact) mass is 260 g/mol. The lowest BCUT2D eigenvalue weighted by Crippen LogP contribution is -2.20. The largest absolute Gasteiger partial charge is 0.484 e. The lowest BCUT2D eigenvalue weighted by atomic mass is 10.3. The second-order valence-corrected chi connectivity index (χ2v) is 3.91. The number of nitrogen functional groups attached to an aromatic ring is 1. The number of halogens is 1. The van der Waals surface area contributed by atoms with Gasteiger partial charge in [0, 0.05) is 11.4 Å². The Bertz CT molecular complexity index is 553. The highest BCUT2D eigenvalue weighted by atomic mass is 19.1. The standard InChI is InChI=1S/C14H13FN2O2/c15-10-1-7-13(8-2-10)19-9-14(18)17-12-5-3-11(16)4-6-12/h1-8H,9,16H2,(H,17,18). The minimum atomic E-state index is -0.348. The third-order valence-corrected chi connectivity index (χ3v) is 2.38. The van der Waals surface area contributed by atoms with Crippen molar-refractivity contribution in [2.24, 2.45) is 0 Å². The highest BCUT2D eigenvalue weighted by molar-refractivity contribution is 5.92. The van der Waals surface area contributed by atoms with E-state index in [1.54, 1.807) is 24.3 Å². The quantitative estimate of drug-likeness (QED) is 0.830. The highest BCUT2D eigenvalue weighted by Crippen LogP contribution is 2.12. The molecule has 0 fully saturated rings. The zero-order chi connectivity index (χ0) is 13.7. The van der Waals surface area contributed by atoms with Gasteiger partial charge < -0.3 is 15.8 Å². The molecule has 98 valence electrons. The summed E-state index contributed by atoms with van der Waals surface area (Å²) in [6.07, 6.45) is 0. The number of amides is 1. The number of nitrogens with two attached hydrogens (primary N) is 1. The van der Waals surface area contributed by atoms with Crippen molar-refractivity contribution < 1.29 is 13.9 Å². The van der Waals surface area contributed by atoms with Crippen LogP contribution in [0.2, 0.25) is 0 Å². The summed E-state index contributed by atoms with van der Waals surface area (Å²) in [6, 6.07) is 12.3. The summed E-state index contributed by atoms with van der Waals surface area (Å²) in [5.74, 6) is -0.207. The predicted molar refractivity (Wildman–Crippen MR) is 71.4 cm³/mol. The topological polar surface area (TPSA) is 64.3 Å². The van der Waals surface area contributed by atoms with Gasteiger partial charge in [-0.25, -0.2) is 4.39 Å². The number of carbonyl (C=O) groups is 1. The molecular formula is C14H13FN2O2. The Hall–Kier alpha value is -2.56. The predicted octanol–water partition coefficient (Wildman–Crippen LogP) is 2.43. The minimum absolute atomic E-state index is 0.143. The van der Waals surface area contributed by atoms with Crippen LogP contribution in [-0.2, 0) is 4.79 Å². The number of anilines is 2. The van der Waals surface area contributed by atoms with Gasteiger partial charge in [0.15, 0.2) is 6.61 Å². The Labute approximate surface area is 110 Å². The normalized spacial score (nSPS) is 9.95. The summed E-state index contributed by atoms with van der Waals surface area (Å²) in [6.45, 7) is -0.143. The Balaban J connectivity index is 1.84. The third-order valence-electron chi connectivity index (χ3n) is 2.38. The van der Waals surface area contributed by atoms with Crippen LogP contribution in [0.3, 0.4) is 0 Å². The van der Waals surface area contributed by atoms with Gasteiger partial charge in [-0.2, -0.15) is 0 Å². The highest BCUT2D eigenvalue weighted by Gasteiger charge is 2.03. The van der Waals surface area contributed by atoms with Crippen LogP contribution in [-0.4, -0.2) is 12.5 Å². The van der Waals surface area contributed by atoms with Crippen LogP contribution in [0.25, 0.3) is 0 Å². The maximum absolute atomic E-state index is 12.7. The molecule has 0 atom stereocenters. The molecule has 0 aliphatic heterocycles. The van der Waals surface area contributed by atoms with Crippen molar-refractivity contribution >= 4 is 17.3 Å². The van der Waals surface area contributed by atoms with E-state index >= 15 is 0 Å². The van der Waals surface area contributed by atoms with E-state index in [0.717, 1.165) is 0 Å². The fourth-order valence-electron chi connectivity index (χ4n) is 1.44. The van der Waals surface area contributed by atoms with Crippen molar-refractivity contribution in [3.63, 3.8) is 0 Å². The Kier molecular flexibility index (Phi) is 3.97. The molecule has 2 aromatic carbocycles. The fourth-order valence-corrected chi connectivity index (χ4v) is 1.44. The molecule has 0 saturated heterocycles. The van der Waals surface area contributed by atoms with Gasteiger partial charge in [0.1, 0.15) is 11.6 Å². The minimum Gasteiger partial charge on any atom is -0.484 e. The van der Waals surface area contributed by atoms with Crippen molar-refractivity contribution in [3.8, 4) is 5.75 Å². The Morgan fingerprint density at radius 1 is 1.11 bits per heavy atom. The molecule has 0 aromatic heterocycles. The summed E-state index contributed by atoms with van der Waals surface area (Å²) in [7, 11) is 0. The SMILES string of the molecule is Nc1ccc(NC(=O)COc2ccc(F)cc2)cc1. The first kappa shape index (κ1) is 12.9. The lowest BCUT2D eigenvalue weighted by Gasteiger charge is -2.07. The number of hydrogen-bond donors (Lipinski definition) is 2. The summed E-state index contributed by atoms with van der Waals surface area (Å²) in [5.41, 5.74) is 6.80. The summed E-state index contributed by atoms with van der Waals surface area (Å²) in [4.78, 5) is 11.6. The smallest absolute Gasteiger partial charge is 0.262 e. The van der Waals surface area contributed by atoms with Crippen LogP contribution >= 0.6 is 0 Å². The van der Waals surface area contributed by atoms with Crippen LogP contribution in [0.1, 0.15) is 0 Å². The molecule has 4 nitrogen and oxygen atoms in total. The van der Waals surface area contributed by atoms with Gasteiger partial charge in [-0.3, -0.25) is 4.79 Å². The van der Waals surface area contributed by atoms with Gasteiger partial charge in [0.05, 0.1) is 0 Å². The number of carbonyl (C=O) groups excluding carboxylic acids is 1.